The quantitative estimate of drug-likeness (QED) is 0.356. The van der Waals surface area contributed by atoms with E-state index in [1.807, 2.05) is 24.3 Å². The van der Waals surface area contributed by atoms with Crippen LogP contribution in [0.15, 0.2) is 45.9 Å². The summed E-state index contributed by atoms with van der Waals surface area (Å²) in [6.45, 7) is 1.43. The molecular formula is C23H21BrClN5O3. The van der Waals surface area contributed by atoms with Gasteiger partial charge in [0.1, 0.15) is 5.82 Å². The largest absolute Gasteiger partial charge is 0.493 e. The lowest BCUT2D eigenvalue weighted by Crippen LogP contribution is -2.38. The first-order chi connectivity index (χ1) is 16.0. The molecule has 0 saturated carbocycles. The van der Waals surface area contributed by atoms with E-state index in [2.05, 4.69) is 35.8 Å². The zero-order valence-electron chi connectivity index (χ0n) is 18.1. The number of ether oxygens (including phenoxy) is 2. The molecule has 4 aromatic rings. The third kappa shape index (κ3) is 4.00. The minimum atomic E-state index is -0.0212. The zero-order chi connectivity index (χ0) is 23.1. The third-order valence-electron chi connectivity index (χ3n) is 6.06. The van der Waals surface area contributed by atoms with E-state index in [0.29, 0.717) is 41.0 Å². The molecule has 0 bridgehead atoms. The van der Waals surface area contributed by atoms with Gasteiger partial charge in [0.05, 0.1) is 37.0 Å². The molecule has 5 rings (SSSR count). The van der Waals surface area contributed by atoms with Gasteiger partial charge in [0.2, 0.25) is 5.28 Å². The fourth-order valence-electron chi connectivity index (χ4n) is 4.38. The van der Waals surface area contributed by atoms with Crippen LogP contribution in [-0.2, 0) is 0 Å². The van der Waals surface area contributed by atoms with Gasteiger partial charge >= 0.3 is 0 Å². The summed E-state index contributed by atoms with van der Waals surface area (Å²) in [5.41, 5.74) is 1.36. The molecule has 1 aliphatic heterocycles. The van der Waals surface area contributed by atoms with Crippen LogP contribution in [0.4, 0.5) is 5.82 Å². The lowest BCUT2D eigenvalue weighted by Gasteiger charge is -2.34. The van der Waals surface area contributed by atoms with Crippen molar-refractivity contribution in [2.45, 2.75) is 18.9 Å². The summed E-state index contributed by atoms with van der Waals surface area (Å²) in [5, 5.41) is 1.63. The molecule has 0 aliphatic carbocycles. The van der Waals surface area contributed by atoms with Crippen molar-refractivity contribution in [1.82, 2.24) is 19.5 Å². The van der Waals surface area contributed by atoms with E-state index in [1.165, 1.54) is 0 Å². The molecule has 0 unspecified atom stereocenters. The predicted molar refractivity (Wildman–Crippen MR) is 132 cm³/mol. The SMILES string of the molecule is COc1cc2nc(Cl)nc(N3CCC(n4cnc5ccc(Br)cc5c4=O)CC3)c2cc1OC. The predicted octanol–water partition coefficient (Wildman–Crippen LogP) is 4.61. The fourth-order valence-corrected chi connectivity index (χ4v) is 4.91. The van der Waals surface area contributed by atoms with E-state index in [4.69, 9.17) is 21.1 Å². The van der Waals surface area contributed by atoms with Crippen molar-refractivity contribution in [3.63, 3.8) is 0 Å². The Balaban J connectivity index is 1.45. The Morgan fingerprint density at radius 2 is 1.73 bits per heavy atom. The van der Waals surface area contributed by atoms with Crippen molar-refractivity contribution in [3.05, 3.63) is 56.8 Å². The molecule has 1 fully saturated rings. The minimum absolute atomic E-state index is 0.0212. The summed E-state index contributed by atoms with van der Waals surface area (Å²) in [6, 6.07) is 9.30. The molecule has 0 amide bonds. The molecule has 33 heavy (non-hydrogen) atoms. The van der Waals surface area contributed by atoms with E-state index >= 15 is 0 Å². The average molecular weight is 531 g/mol. The number of halogens is 2. The number of hydrogen-bond acceptors (Lipinski definition) is 7. The Morgan fingerprint density at radius 3 is 2.45 bits per heavy atom. The van der Waals surface area contributed by atoms with Gasteiger partial charge in [-0.25, -0.2) is 9.97 Å². The van der Waals surface area contributed by atoms with Crippen molar-refractivity contribution < 1.29 is 9.47 Å². The lowest BCUT2D eigenvalue weighted by atomic mass is 10.0. The molecule has 10 heteroatoms. The molecule has 1 saturated heterocycles. The monoisotopic (exact) mass is 529 g/mol. The number of fused-ring (bicyclic) bond motifs is 2. The van der Waals surface area contributed by atoms with Crippen LogP contribution in [-0.4, -0.2) is 46.8 Å². The molecule has 0 N–H and O–H groups in total. The first-order valence-corrected chi connectivity index (χ1v) is 11.7. The number of benzene rings is 2. The second-order valence-electron chi connectivity index (χ2n) is 7.88. The van der Waals surface area contributed by atoms with Crippen LogP contribution in [0.2, 0.25) is 5.28 Å². The lowest BCUT2D eigenvalue weighted by molar-refractivity contribution is 0.355. The van der Waals surface area contributed by atoms with E-state index in [0.717, 1.165) is 28.5 Å². The van der Waals surface area contributed by atoms with Crippen LogP contribution in [0.25, 0.3) is 21.8 Å². The van der Waals surface area contributed by atoms with Gasteiger partial charge in [0, 0.05) is 35.1 Å². The summed E-state index contributed by atoms with van der Waals surface area (Å²) in [4.78, 5) is 28.6. The van der Waals surface area contributed by atoms with Crippen molar-refractivity contribution in [1.29, 1.82) is 0 Å². The Kier molecular flexibility index (Phi) is 5.84. The molecule has 170 valence electrons. The van der Waals surface area contributed by atoms with Crippen LogP contribution in [0, 0.1) is 0 Å². The first-order valence-electron chi connectivity index (χ1n) is 10.5. The number of piperidine rings is 1. The second-order valence-corrected chi connectivity index (χ2v) is 9.13. The maximum absolute atomic E-state index is 13.1. The van der Waals surface area contributed by atoms with E-state index in [-0.39, 0.29) is 16.9 Å². The molecule has 2 aromatic carbocycles. The Hall–Kier alpha value is -2.91. The number of nitrogens with zero attached hydrogens (tertiary/aromatic N) is 5. The van der Waals surface area contributed by atoms with Crippen molar-refractivity contribution in [2.24, 2.45) is 0 Å². The number of aromatic nitrogens is 4. The molecule has 0 radical (unpaired) electrons. The maximum Gasteiger partial charge on any atom is 0.261 e. The molecule has 8 nitrogen and oxygen atoms in total. The Morgan fingerprint density at radius 1 is 1.00 bits per heavy atom. The Bertz CT molecular complexity index is 1420. The standard InChI is InChI=1S/C23H21BrClN5O3/c1-32-19-10-15-18(11-20(19)33-2)27-23(25)28-21(15)29-7-5-14(6-8-29)30-12-26-17-4-3-13(24)9-16(17)22(30)31/h3-4,9-12,14H,5-8H2,1-2H3. The van der Waals surface area contributed by atoms with E-state index in [1.54, 1.807) is 31.2 Å². The van der Waals surface area contributed by atoms with Crippen molar-refractivity contribution in [2.75, 3.05) is 32.2 Å². The minimum Gasteiger partial charge on any atom is -0.493 e. The van der Waals surface area contributed by atoms with Gasteiger partial charge < -0.3 is 14.4 Å². The number of hydrogen-bond donors (Lipinski definition) is 0. The van der Waals surface area contributed by atoms with Gasteiger partial charge in [0.25, 0.3) is 5.56 Å². The van der Waals surface area contributed by atoms with Gasteiger partial charge in [-0.1, -0.05) is 15.9 Å². The van der Waals surface area contributed by atoms with E-state index < -0.39 is 0 Å². The highest BCUT2D eigenvalue weighted by molar-refractivity contribution is 9.10. The summed E-state index contributed by atoms with van der Waals surface area (Å²) in [6.07, 6.45) is 3.21. The zero-order valence-corrected chi connectivity index (χ0v) is 20.4. The fraction of sp³-hybridized carbons (Fsp3) is 0.304. The van der Waals surface area contributed by atoms with Gasteiger partial charge in [-0.15, -0.1) is 0 Å². The summed E-state index contributed by atoms with van der Waals surface area (Å²) < 4.78 is 13.5. The molecular weight excluding hydrogens is 510 g/mol. The van der Waals surface area contributed by atoms with Crippen LogP contribution >= 0.6 is 27.5 Å². The van der Waals surface area contributed by atoms with Gasteiger partial charge in [0.15, 0.2) is 11.5 Å². The highest BCUT2D eigenvalue weighted by atomic mass is 79.9. The van der Waals surface area contributed by atoms with Gasteiger partial charge in [-0.05, 0) is 48.7 Å². The van der Waals surface area contributed by atoms with Crippen LogP contribution in [0.3, 0.4) is 0 Å². The highest BCUT2D eigenvalue weighted by Crippen LogP contribution is 2.37. The average Bonchev–Trinajstić information content (AvgIpc) is 2.83. The number of anilines is 1. The van der Waals surface area contributed by atoms with E-state index in [9.17, 15) is 4.79 Å². The second kappa shape index (κ2) is 8.79. The number of rotatable bonds is 4. The molecule has 3 heterocycles. The Labute approximate surface area is 203 Å². The van der Waals surface area contributed by atoms with Crippen LogP contribution in [0.1, 0.15) is 18.9 Å². The molecule has 0 spiro atoms. The molecule has 2 aromatic heterocycles. The molecule has 0 atom stereocenters. The smallest absolute Gasteiger partial charge is 0.261 e. The van der Waals surface area contributed by atoms with Gasteiger partial charge in [-0.3, -0.25) is 9.36 Å². The normalized spacial score (nSPS) is 14.7. The van der Waals surface area contributed by atoms with Crippen LogP contribution in [0.5, 0.6) is 11.5 Å². The topological polar surface area (TPSA) is 82.4 Å². The summed E-state index contributed by atoms with van der Waals surface area (Å²) >= 11 is 9.69. The van der Waals surface area contributed by atoms with Crippen LogP contribution < -0.4 is 19.9 Å². The molecule has 1 aliphatic rings. The first kappa shape index (κ1) is 21.9. The van der Waals surface area contributed by atoms with Crippen molar-refractivity contribution >= 4 is 55.2 Å². The maximum atomic E-state index is 13.1. The van der Waals surface area contributed by atoms with Crippen molar-refractivity contribution in [3.8, 4) is 11.5 Å². The summed E-state index contributed by atoms with van der Waals surface area (Å²) in [7, 11) is 3.18. The third-order valence-corrected chi connectivity index (χ3v) is 6.72. The number of methoxy groups -OCH3 is 2. The highest BCUT2D eigenvalue weighted by Gasteiger charge is 2.25. The summed E-state index contributed by atoms with van der Waals surface area (Å²) in [5.74, 6) is 1.93. The van der Waals surface area contributed by atoms with Gasteiger partial charge in [-0.2, -0.15) is 4.98 Å².